The lowest BCUT2D eigenvalue weighted by atomic mass is 10.2. The molecule has 114 valence electrons. The molecule has 1 fully saturated rings. The molecule has 1 aliphatic rings. The van der Waals surface area contributed by atoms with Crippen molar-refractivity contribution in [1.82, 2.24) is 14.5 Å². The molecule has 21 heavy (non-hydrogen) atoms. The van der Waals surface area contributed by atoms with Gasteiger partial charge in [-0.3, -0.25) is 4.90 Å². The number of hydrogen-bond acceptors (Lipinski definition) is 3. The van der Waals surface area contributed by atoms with Crippen molar-refractivity contribution in [2.75, 3.05) is 19.6 Å². The van der Waals surface area contributed by atoms with E-state index in [9.17, 15) is 8.78 Å². The molecule has 1 aromatic carbocycles. The minimum atomic E-state index is -0.861. The average Bonchev–Trinajstić information content (AvgIpc) is 3.07. The number of likely N-dealkylation sites (tertiary alicyclic amines) is 1. The highest BCUT2D eigenvalue weighted by molar-refractivity contribution is 5.76. The largest absolute Gasteiger partial charge is 0.328 e. The van der Waals surface area contributed by atoms with Crippen LogP contribution in [0.15, 0.2) is 12.1 Å². The van der Waals surface area contributed by atoms with Gasteiger partial charge in [0.1, 0.15) is 5.82 Å². The van der Waals surface area contributed by atoms with Gasteiger partial charge in [-0.05, 0) is 32.9 Å². The average molecular weight is 294 g/mol. The molecule has 3 rings (SSSR count). The van der Waals surface area contributed by atoms with Gasteiger partial charge in [0.05, 0.1) is 17.6 Å². The van der Waals surface area contributed by atoms with Gasteiger partial charge in [0.25, 0.3) is 0 Å². The van der Waals surface area contributed by atoms with Gasteiger partial charge in [-0.25, -0.2) is 13.8 Å². The molecule has 2 N–H and O–H groups in total. The third-order valence-corrected chi connectivity index (χ3v) is 4.15. The van der Waals surface area contributed by atoms with Crippen molar-refractivity contribution >= 4 is 11.0 Å². The second-order valence-corrected chi connectivity index (χ2v) is 5.72. The zero-order chi connectivity index (χ0) is 15.0. The van der Waals surface area contributed by atoms with E-state index in [1.165, 1.54) is 18.9 Å². The maximum Gasteiger partial charge on any atom is 0.161 e. The monoisotopic (exact) mass is 294 g/mol. The highest BCUT2D eigenvalue weighted by Gasteiger charge is 2.20. The molecule has 0 amide bonds. The van der Waals surface area contributed by atoms with E-state index >= 15 is 0 Å². The van der Waals surface area contributed by atoms with Crippen LogP contribution in [0.1, 0.15) is 31.6 Å². The number of nitrogens with zero attached hydrogens (tertiary/aromatic N) is 3. The number of benzene rings is 1. The molecular weight excluding hydrogens is 274 g/mol. The number of imidazole rings is 1. The van der Waals surface area contributed by atoms with Crippen molar-refractivity contribution in [2.45, 2.75) is 32.4 Å². The van der Waals surface area contributed by atoms with Crippen LogP contribution < -0.4 is 5.73 Å². The van der Waals surface area contributed by atoms with Gasteiger partial charge in [0, 0.05) is 24.7 Å². The maximum atomic E-state index is 13.6. The van der Waals surface area contributed by atoms with Gasteiger partial charge in [0.2, 0.25) is 0 Å². The molecule has 1 saturated heterocycles. The van der Waals surface area contributed by atoms with Crippen LogP contribution in [0.25, 0.3) is 11.0 Å². The van der Waals surface area contributed by atoms with Crippen LogP contribution in [-0.4, -0.2) is 34.1 Å². The Bertz CT molecular complexity index is 647. The Labute approximate surface area is 122 Å². The number of fused-ring (bicyclic) bond motifs is 1. The van der Waals surface area contributed by atoms with Crippen molar-refractivity contribution in [1.29, 1.82) is 0 Å². The van der Waals surface area contributed by atoms with E-state index in [0.717, 1.165) is 25.0 Å². The lowest BCUT2D eigenvalue weighted by molar-refractivity contribution is 0.313. The lowest BCUT2D eigenvalue weighted by Crippen LogP contribution is -2.24. The van der Waals surface area contributed by atoms with Crippen LogP contribution in [0.3, 0.4) is 0 Å². The first-order valence-electron chi connectivity index (χ1n) is 7.38. The Hall–Kier alpha value is -1.53. The van der Waals surface area contributed by atoms with E-state index in [1.54, 1.807) is 0 Å². The Morgan fingerprint density at radius 3 is 2.57 bits per heavy atom. The van der Waals surface area contributed by atoms with E-state index in [1.807, 2.05) is 11.5 Å². The molecule has 2 aromatic rings. The quantitative estimate of drug-likeness (QED) is 0.942. The summed E-state index contributed by atoms with van der Waals surface area (Å²) < 4.78 is 28.9. The number of aromatic nitrogens is 2. The fraction of sp³-hybridized carbons (Fsp3) is 0.533. The fourth-order valence-corrected chi connectivity index (χ4v) is 2.99. The van der Waals surface area contributed by atoms with Crippen molar-refractivity contribution in [3.8, 4) is 0 Å². The second-order valence-electron chi connectivity index (χ2n) is 5.72. The molecular formula is C15H20F2N4. The van der Waals surface area contributed by atoms with Crippen molar-refractivity contribution < 1.29 is 8.78 Å². The molecule has 0 spiro atoms. The molecule has 6 heteroatoms. The highest BCUT2D eigenvalue weighted by Crippen LogP contribution is 2.25. The normalized spacial score (nSPS) is 17.7. The summed E-state index contributed by atoms with van der Waals surface area (Å²) in [6, 6.07) is 2.38. The smallest absolute Gasteiger partial charge is 0.161 e. The Morgan fingerprint density at radius 1 is 1.24 bits per heavy atom. The zero-order valence-electron chi connectivity index (χ0n) is 12.1. The highest BCUT2D eigenvalue weighted by atomic mass is 19.2. The number of hydrogen-bond donors (Lipinski definition) is 1. The Balaban J connectivity index is 2.08. The van der Waals surface area contributed by atoms with E-state index < -0.39 is 11.6 Å². The first-order chi connectivity index (χ1) is 10.1. The van der Waals surface area contributed by atoms with Crippen LogP contribution in [-0.2, 0) is 6.54 Å². The van der Waals surface area contributed by atoms with Crippen LogP contribution in [0.2, 0.25) is 0 Å². The van der Waals surface area contributed by atoms with Crippen molar-refractivity contribution in [2.24, 2.45) is 5.73 Å². The van der Waals surface area contributed by atoms with Crippen LogP contribution in [0, 0.1) is 11.6 Å². The second kappa shape index (κ2) is 5.69. The SMILES string of the molecule is CC(CN)n1c(CN2CCCC2)nc2cc(F)c(F)cc21. The molecule has 1 aromatic heterocycles. The first kappa shape index (κ1) is 14.4. The molecule has 0 saturated carbocycles. The molecule has 0 radical (unpaired) electrons. The predicted molar refractivity (Wildman–Crippen MR) is 77.9 cm³/mol. The van der Waals surface area contributed by atoms with Crippen molar-refractivity contribution in [3.05, 3.63) is 29.6 Å². The number of nitrogens with two attached hydrogens (primary N) is 1. The van der Waals surface area contributed by atoms with Gasteiger partial charge in [-0.1, -0.05) is 0 Å². The topological polar surface area (TPSA) is 47.1 Å². The van der Waals surface area contributed by atoms with Crippen molar-refractivity contribution in [3.63, 3.8) is 0 Å². The molecule has 0 aliphatic carbocycles. The summed E-state index contributed by atoms with van der Waals surface area (Å²) >= 11 is 0. The number of halogens is 2. The summed E-state index contributed by atoms with van der Waals surface area (Å²) in [5.74, 6) is -0.879. The van der Waals surface area contributed by atoms with Crippen LogP contribution >= 0.6 is 0 Å². The van der Waals surface area contributed by atoms with Gasteiger partial charge in [-0.15, -0.1) is 0 Å². The third-order valence-electron chi connectivity index (χ3n) is 4.15. The van der Waals surface area contributed by atoms with Gasteiger partial charge in [-0.2, -0.15) is 0 Å². The number of rotatable bonds is 4. The van der Waals surface area contributed by atoms with Gasteiger partial charge < -0.3 is 10.3 Å². The van der Waals surface area contributed by atoms with Gasteiger partial charge in [0.15, 0.2) is 11.6 Å². The minimum absolute atomic E-state index is 0.00235. The van der Waals surface area contributed by atoms with E-state index in [0.29, 0.717) is 24.1 Å². The Kier molecular flexibility index (Phi) is 3.91. The summed E-state index contributed by atoms with van der Waals surface area (Å²) in [6.45, 7) is 5.18. The zero-order valence-corrected chi connectivity index (χ0v) is 12.1. The summed E-state index contributed by atoms with van der Waals surface area (Å²) in [5.41, 5.74) is 6.87. The summed E-state index contributed by atoms with van der Waals surface area (Å²) in [6.07, 6.45) is 2.38. The van der Waals surface area contributed by atoms with Crippen LogP contribution in [0.4, 0.5) is 8.78 Å². The van der Waals surface area contributed by atoms with E-state index in [4.69, 9.17) is 5.73 Å². The minimum Gasteiger partial charge on any atom is -0.328 e. The maximum absolute atomic E-state index is 13.6. The summed E-state index contributed by atoms with van der Waals surface area (Å²) in [4.78, 5) is 6.82. The van der Waals surface area contributed by atoms with Crippen LogP contribution in [0.5, 0.6) is 0 Å². The lowest BCUT2D eigenvalue weighted by Gasteiger charge is -2.19. The Morgan fingerprint density at radius 2 is 1.90 bits per heavy atom. The fourth-order valence-electron chi connectivity index (χ4n) is 2.99. The molecule has 1 unspecified atom stereocenters. The van der Waals surface area contributed by atoms with E-state index in [-0.39, 0.29) is 6.04 Å². The first-order valence-corrected chi connectivity index (χ1v) is 7.38. The standard InChI is InChI=1S/C15H20F2N4/c1-10(8-18)21-14-7-12(17)11(16)6-13(14)19-15(21)9-20-4-2-3-5-20/h6-7,10H,2-5,8-9,18H2,1H3. The molecule has 0 bridgehead atoms. The molecule has 1 atom stereocenters. The summed E-state index contributed by atoms with van der Waals surface area (Å²) in [7, 11) is 0. The van der Waals surface area contributed by atoms with Gasteiger partial charge >= 0.3 is 0 Å². The third kappa shape index (κ3) is 2.65. The molecule has 2 heterocycles. The summed E-state index contributed by atoms with van der Waals surface area (Å²) in [5, 5.41) is 0. The van der Waals surface area contributed by atoms with E-state index in [2.05, 4.69) is 9.88 Å². The predicted octanol–water partition coefficient (Wildman–Crippen LogP) is 2.43. The molecule has 1 aliphatic heterocycles. The molecule has 4 nitrogen and oxygen atoms in total.